The van der Waals surface area contributed by atoms with E-state index in [0.717, 1.165) is 22.3 Å². The van der Waals surface area contributed by atoms with Crippen LogP contribution >= 0.6 is 0 Å². The molecule has 1 aliphatic carbocycles. The molecule has 1 N–H and O–H groups in total. The Labute approximate surface area is 188 Å². The normalized spacial score (nSPS) is 16.9. The lowest BCUT2D eigenvalue weighted by molar-refractivity contribution is -0.286. The van der Waals surface area contributed by atoms with E-state index in [0.29, 0.717) is 18.4 Å². The van der Waals surface area contributed by atoms with Crippen LogP contribution < -0.4 is 9.47 Å². The van der Waals surface area contributed by atoms with Crippen LogP contribution in [0.5, 0.6) is 11.5 Å². The summed E-state index contributed by atoms with van der Waals surface area (Å²) in [4.78, 5) is 24.5. The van der Waals surface area contributed by atoms with Gasteiger partial charge in [-0.3, -0.25) is 4.79 Å². The summed E-state index contributed by atoms with van der Waals surface area (Å²) >= 11 is 0. The number of hydrogen-bond acceptors (Lipinski definition) is 4. The standard InChI is InChI=1S/C26H20F2O5/c1-15-11-16(5-7-20(15)17-3-2-4-18(13-17)24(30)31)12-23(29)25(9-10-25)19-6-8-21-22(14-19)33-26(27,28)32-21/h2-8,11,13-14H,9-10,12H2,1H3,(H,30,31). The van der Waals surface area contributed by atoms with Gasteiger partial charge in [-0.2, -0.15) is 0 Å². The Bertz CT molecular complexity index is 1290. The van der Waals surface area contributed by atoms with E-state index in [1.807, 2.05) is 31.2 Å². The second-order valence-corrected chi connectivity index (χ2v) is 8.55. The number of fused-ring (bicyclic) bond motifs is 1. The summed E-state index contributed by atoms with van der Waals surface area (Å²) in [6, 6.07) is 16.9. The first-order chi connectivity index (χ1) is 15.7. The molecule has 0 amide bonds. The SMILES string of the molecule is Cc1cc(CC(=O)C2(c3ccc4c(c3)OC(F)(F)O4)CC2)ccc1-c1cccc(C(=O)O)c1. The molecule has 168 valence electrons. The van der Waals surface area contributed by atoms with Crippen molar-refractivity contribution < 1.29 is 33.0 Å². The molecule has 1 heterocycles. The minimum atomic E-state index is -3.69. The van der Waals surface area contributed by atoms with Crippen LogP contribution in [0.25, 0.3) is 11.1 Å². The van der Waals surface area contributed by atoms with Crippen molar-refractivity contribution in [1.29, 1.82) is 0 Å². The molecule has 5 rings (SSSR count). The molecule has 33 heavy (non-hydrogen) atoms. The third kappa shape index (κ3) is 3.84. The van der Waals surface area contributed by atoms with Crippen molar-refractivity contribution in [2.45, 2.75) is 37.9 Å². The average molecular weight is 450 g/mol. The van der Waals surface area contributed by atoms with Crippen molar-refractivity contribution in [3.63, 3.8) is 0 Å². The van der Waals surface area contributed by atoms with Crippen molar-refractivity contribution in [1.82, 2.24) is 0 Å². The molecule has 1 fully saturated rings. The van der Waals surface area contributed by atoms with E-state index in [1.165, 1.54) is 12.1 Å². The second kappa shape index (κ2) is 7.40. The summed E-state index contributed by atoms with van der Waals surface area (Å²) in [7, 11) is 0. The zero-order valence-electron chi connectivity index (χ0n) is 17.7. The van der Waals surface area contributed by atoms with Crippen molar-refractivity contribution in [2.24, 2.45) is 0 Å². The third-order valence-electron chi connectivity index (χ3n) is 6.31. The second-order valence-electron chi connectivity index (χ2n) is 8.55. The van der Waals surface area contributed by atoms with E-state index >= 15 is 0 Å². The van der Waals surface area contributed by atoms with Crippen LogP contribution in [0.4, 0.5) is 8.78 Å². The van der Waals surface area contributed by atoms with Crippen molar-refractivity contribution in [2.75, 3.05) is 0 Å². The Morgan fingerprint density at radius 3 is 2.42 bits per heavy atom. The summed E-state index contributed by atoms with van der Waals surface area (Å²) in [5.74, 6) is -1.06. The highest BCUT2D eigenvalue weighted by Gasteiger charge is 2.52. The summed E-state index contributed by atoms with van der Waals surface area (Å²) in [5.41, 5.74) is 3.63. The number of carboxylic acids is 1. The number of Topliss-reactive ketones (excluding diaryl/α,β-unsaturated/α-hetero) is 1. The van der Waals surface area contributed by atoms with Crippen LogP contribution in [0.15, 0.2) is 60.7 Å². The predicted octanol–water partition coefficient (Wildman–Crippen LogP) is 5.53. The number of benzene rings is 3. The molecule has 2 aliphatic rings. The molecule has 1 saturated carbocycles. The number of aryl methyl sites for hydroxylation is 1. The highest BCUT2D eigenvalue weighted by atomic mass is 19.3. The lowest BCUT2D eigenvalue weighted by Gasteiger charge is -2.16. The Balaban J connectivity index is 1.36. The van der Waals surface area contributed by atoms with Gasteiger partial charge >= 0.3 is 12.3 Å². The smallest absolute Gasteiger partial charge is 0.478 e. The van der Waals surface area contributed by atoms with Gasteiger partial charge in [0.2, 0.25) is 0 Å². The molecule has 3 aromatic rings. The lowest BCUT2D eigenvalue weighted by Crippen LogP contribution is -2.26. The molecule has 3 aromatic carbocycles. The third-order valence-corrected chi connectivity index (χ3v) is 6.31. The van der Waals surface area contributed by atoms with Crippen molar-refractivity contribution >= 4 is 11.8 Å². The number of ketones is 1. The van der Waals surface area contributed by atoms with Crippen LogP contribution in [-0.2, 0) is 16.6 Å². The first-order valence-electron chi connectivity index (χ1n) is 10.5. The maximum atomic E-state index is 13.3. The van der Waals surface area contributed by atoms with Gasteiger partial charge in [0, 0.05) is 6.42 Å². The fourth-order valence-electron chi connectivity index (χ4n) is 4.43. The predicted molar refractivity (Wildman–Crippen MR) is 116 cm³/mol. The monoisotopic (exact) mass is 450 g/mol. The van der Waals surface area contributed by atoms with Crippen LogP contribution in [0, 0.1) is 6.92 Å². The topological polar surface area (TPSA) is 72.8 Å². The Morgan fingerprint density at radius 2 is 1.73 bits per heavy atom. The molecule has 0 spiro atoms. The van der Waals surface area contributed by atoms with E-state index in [9.17, 15) is 23.5 Å². The Hall–Kier alpha value is -3.74. The average Bonchev–Trinajstić information content (AvgIpc) is 3.51. The summed E-state index contributed by atoms with van der Waals surface area (Å²) in [6.45, 7) is 1.92. The first kappa shape index (κ1) is 21.1. The first-order valence-corrected chi connectivity index (χ1v) is 10.5. The molecule has 5 nitrogen and oxygen atoms in total. The fourth-order valence-corrected chi connectivity index (χ4v) is 4.43. The van der Waals surface area contributed by atoms with E-state index in [1.54, 1.807) is 24.3 Å². The number of ether oxygens (including phenoxy) is 2. The van der Waals surface area contributed by atoms with E-state index in [-0.39, 0.29) is 29.3 Å². The zero-order chi connectivity index (χ0) is 23.4. The zero-order valence-corrected chi connectivity index (χ0v) is 17.7. The highest BCUT2D eigenvalue weighted by Crippen LogP contribution is 2.52. The molecule has 7 heteroatoms. The van der Waals surface area contributed by atoms with Gasteiger partial charge in [-0.25, -0.2) is 4.79 Å². The highest BCUT2D eigenvalue weighted by molar-refractivity contribution is 5.95. The number of carboxylic acid groups (broad SMARTS) is 1. The molecule has 0 radical (unpaired) electrons. The number of hydrogen-bond donors (Lipinski definition) is 1. The molecular formula is C26H20F2O5. The molecule has 0 bridgehead atoms. The van der Waals surface area contributed by atoms with Gasteiger partial charge in [0.25, 0.3) is 0 Å². The fraction of sp³-hybridized carbons (Fsp3) is 0.231. The van der Waals surface area contributed by atoms with Crippen molar-refractivity contribution in [3.8, 4) is 22.6 Å². The van der Waals surface area contributed by atoms with Gasteiger partial charge in [-0.05, 0) is 71.8 Å². The lowest BCUT2D eigenvalue weighted by atomic mass is 9.87. The van der Waals surface area contributed by atoms with E-state index < -0.39 is 17.7 Å². The quantitative estimate of drug-likeness (QED) is 0.535. The summed E-state index contributed by atoms with van der Waals surface area (Å²) in [6.07, 6.45) is -2.17. The Kier molecular flexibility index (Phi) is 4.74. The van der Waals surface area contributed by atoms with Crippen molar-refractivity contribution in [3.05, 3.63) is 82.9 Å². The molecule has 1 aliphatic heterocycles. The molecule has 0 unspecified atom stereocenters. The summed E-state index contributed by atoms with van der Waals surface area (Å²) < 4.78 is 35.7. The minimum Gasteiger partial charge on any atom is -0.478 e. The van der Waals surface area contributed by atoms with E-state index in [2.05, 4.69) is 9.47 Å². The molecule has 0 aromatic heterocycles. The van der Waals surface area contributed by atoms with Gasteiger partial charge in [-0.1, -0.05) is 36.4 Å². The van der Waals surface area contributed by atoms with Crippen LogP contribution in [0.3, 0.4) is 0 Å². The van der Waals surface area contributed by atoms with Gasteiger partial charge in [0.1, 0.15) is 5.78 Å². The van der Waals surface area contributed by atoms with E-state index in [4.69, 9.17) is 0 Å². The number of aromatic carboxylic acids is 1. The number of alkyl halides is 2. The maximum Gasteiger partial charge on any atom is 0.586 e. The van der Waals surface area contributed by atoms with Gasteiger partial charge in [-0.15, -0.1) is 8.78 Å². The van der Waals surface area contributed by atoms with Gasteiger partial charge < -0.3 is 14.6 Å². The molecule has 0 atom stereocenters. The van der Waals surface area contributed by atoms with Gasteiger partial charge in [0.15, 0.2) is 11.5 Å². The molecular weight excluding hydrogens is 430 g/mol. The minimum absolute atomic E-state index is 0.0214. The van der Waals surface area contributed by atoms with Gasteiger partial charge in [0.05, 0.1) is 11.0 Å². The largest absolute Gasteiger partial charge is 0.586 e. The maximum absolute atomic E-state index is 13.3. The number of rotatable bonds is 6. The number of halogens is 2. The molecule has 0 saturated heterocycles. The van der Waals surface area contributed by atoms with Crippen LogP contribution in [0.1, 0.15) is 39.9 Å². The Morgan fingerprint density at radius 1 is 0.970 bits per heavy atom. The van der Waals surface area contributed by atoms with Crippen LogP contribution in [-0.4, -0.2) is 23.2 Å². The van der Waals surface area contributed by atoms with Crippen LogP contribution in [0.2, 0.25) is 0 Å². The summed E-state index contributed by atoms with van der Waals surface area (Å²) in [5, 5.41) is 9.23. The number of carbonyl (C=O) groups is 2. The number of carbonyl (C=O) groups excluding carboxylic acids is 1.